The largest absolute Gasteiger partial charge is 0.461 e. The fraction of sp³-hybridized carbons (Fsp3) is 0.615. The molecule has 0 aromatic carbocycles. The summed E-state index contributed by atoms with van der Waals surface area (Å²) in [5.41, 5.74) is 0.357. The first kappa shape index (κ1) is 13.6. The maximum Gasteiger partial charge on any atom is 0.356 e. The summed E-state index contributed by atoms with van der Waals surface area (Å²) in [6.07, 6.45) is 1.89. The number of hydrogen-bond donors (Lipinski definition) is 2. The second kappa shape index (κ2) is 5.03. The standard InChI is InChI=1S/C13H19N3O3/c1-4-13(3)7-8(13)11(17)14-10-6-9(15-16-10)12(18)19-5-2/h6,8H,4-5,7H2,1-3H3,(H2,14,15,16,17). The van der Waals surface area contributed by atoms with Crippen LogP contribution in [0.4, 0.5) is 5.82 Å². The van der Waals surface area contributed by atoms with Crippen LogP contribution in [0.2, 0.25) is 0 Å². The summed E-state index contributed by atoms with van der Waals surface area (Å²) in [5.74, 6) is -0.106. The number of carbonyl (C=O) groups is 2. The molecule has 1 fully saturated rings. The maximum atomic E-state index is 12.0. The van der Waals surface area contributed by atoms with E-state index in [4.69, 9.17) is 4.74 Å². The molecule has 1 aromatic heterocycles. The zero-order chi connectivity index (χ0) is 14.0. The number of H-pyrrole nitrogens is 1. The molecule has 0 aliphatic heterocycles. The molecule has 6 nitrogen and oxygen atoms in total. The lowest BCUT2D eigenvalue weighted by molar-refractivity contribution is -0.118. The maximum absolute atomic E-state index is 12.0. The van der Waals surface area contributed by atoms with Crippen LogP contribution in [-0.2, 0) is 9.53 Å². The van der Waals surface area contributed by atoms with E-state index in [0.29, 0.717) is 12.4 Å². The Hall–Kier alpha value is -1.85. The normalized spacial score (nSPS) is 24.9. The highest BCUT2D eigenvalue weighted by Gasteiger charge is 2.52. The van der Waals surface area contributed by atoms with Crippen LogP contribution in [0.15, 0.2) is 6.07 Å². The second-order valence-electron chi connectivity index (χ2n) is 5.14. The Bertz CT molecular complexity index is 497. The highest BCUT2D eigenvalue weighted by Crippen LogP contribution is 2.54. The first-order valence-corrected chi connectivity index (χ1v) is 6.53. The van der Waals surface area contributed by atoms with Gasteiger partial charge in [0.25, 0.3) is 0 Å². The first-order chi connectivity index (χ1) is 9.00. The second-order valence-corrected chi connectivity index (χ2v) is 5.14. The van der Waals surface area contributed by atoms with Gasteiger partial charge < -0.3 is 10.1 Å². The van der Waals surface area contributed by atoms with Gasteiger partial charge in [-0.25, -0.2) is 4.79 Å². The number of nitrogens with one attached hydrogen (secondary N) is 2. The van der Waals surface area contributed by atoms with E-state index < -0.39 is 5.97 Å². The first-order valence-electron chi connectivity index (χ1n) is 6.53. The van der Waals surface area contributed by atoms with Gasteiger partial charge in [0, 0.05) is 12.0 Å². The zero-order valence-corrected chi connectivity index (χ0v) is 11.4. The third-order valence-corrected chi connectivity index (χ3v) is 3.80. The van der Waals surface area contributed by atoms with Crippen molar-refractivity contribution < 1.29 is 14.3 Å². The summed E-state index contributed by atoms with van der Waals surface area (Å²) in [7, 11) is 0. The topological polar surface area (TPSA) is 84.1 Å². The Kier molecular flexibility index (Phi) is 3.59. The summed E-state index contributed by atoms with van der Waals surface area (Å²) in [6, 6.07) is 1.49. The van der Waals surface area contributed by atoms with Crippen molar-refractivity contribution >= 4 is 17.7 Å². The molecule has 104 valence electrons. The molecule has 2 N–H and O–H groups in total. The average molecular weight is 265 g/mol. The van der Waals surface area contributed by atoms with Gasteiger partial charge in [0.1, 0.15) is 5.69 Å². The lowest BCUT2D eigenvalue weighted by Gasteiger charge is -2.06. The predicted octanol–water partition coefficient (Wildman–Crippen LogP) is 1.96. The quantitative estimate of drug-likeness (QED) is 0.797. The minimum atomic E-state index is -0.472. The number of esters is 1. The van der Waals surface area contributed by atoms with Gasteiger partial charge in [-0.3, -0.25) is 9.89 Å². The highest BCUT2D eigenvalue weighted by molar-refractivity contribution is 5.95. The molecule has 0 saturated heterocycles. The Balaban J connectivity index is 1.94. The lowest BCUT2D eigenvalue weighted by Crippen LogP contribution is -2.17. The Morgan fingerprint density at radius 1 is 1.58 bits per heavy atom. The molecule has 0 spiro atoms. The molecule has 2 atom stereocenters. The summed E-state index contributed by atoms with van der Waals surface area (Å²) in [4.78, 5) is 23.4. The van der Waals surface area contributed by atoms with Crippen LogP contribution < -0.4 is 5.32 Å². The molecule has 1 amide bonds. The lowest BCUT2D eigenvalue weighted by atomic mass is 10.0. The SMILES string of the molecule is CCOC(=O)c1cc(NC(=O)C2CC2(C)CC)n[nH]1. The molecule has 0 bridgehead atoms. The summed E-state index contributed by atoms with van der Waals surface area (Å²) >= 11 is 0. The van der Waals surface area contributed by atoms with Crippen molar-refractivity contribution in [3.05, 3.63) is 11.8 Å². The number of anilines is 1. The van der Waals surface area contributed by atoms with E-state index >= 15 is 0 Å². The molecule has 1 saturated carbocycles. The molecule has 1 aliphatic carbocycles. The average Bonchev–Trinajstić information content (AvgIpc) is 2.85. The van der Waals surface area contributed by atoms with Crippen molar-refractivity contribution in [1.82, 2.24) is 10.2 Å². The predicted molar refractivity (Wildman–Crippen MR) is 69.7 cm³/mol. The highest BCUT2D eigenvalue weighted by atomic mass is 16.5. The van der Waals surface area contributed by atoms with E-state index in [-0.39, 0.29) is 22.9 Å². The van der Waals surface area contributed by atoms with Crippen molar-refractivity contribution in [2.75, 3.05) is 11.9 Å². The zero-order valence-electron chi connectivity index (χ0n) is 11.4. The number of hydrogen-bond acceptors (Lipinski definition) is 4. The van der Waals surface area contributed by atoms with Gasteiger partial charge in [0.05, 0.1) is 6.61 Å². The van der Waals surface area contributed by atoms with Crippen LogP contribution in [-0.4, -0.2) is 28.7 Å². The van der Waals surface area contributed by atoms with E-state index in [1.54, 1.807) is 6.92 Å². The van der Waals surface area contributed by atoms with Crippen LogP contribution in [0, 0.1) is 11.3 Å². The Morgan fingerprint density at radius 3 is 2.89 bits per heavy atom. The fourth-order valence-electron chi connectivity index (χ4n) is 2.12. The van der Waals surface area contributed by atoms with Crippen LogP contribution in [0.25, 0.3) is 0 Å². The molecule has 1 aromatic rings. The number of aromatic amines is 1. The van der Waals surface area contributed by atoms with E-state index in [9.17, 15) is 9.59 Å². The van der Waals surface area contributed by atoms with Crippen LogP contribution >= 0.6 is 0 Å². The Labute approximate surface area is 111 Å². The molecular formula is C13H19N3O3. The van der Waals surface area contributed by atoms with Gasteiger partial charge in [0.15, 0.2) is 5.82 Å². The van der Waals surface area contributed by atoms with Gasteiger partial charge in [-0.15, -0.1) is 0 Å². The van der Waals surface area contributed by atoms with Crippen molar-refractivity contribution in [1.29, 1.82) is 0 Å². The molecule has 2 rings (SSSR count). The van der Waals surface area contributed by atoms with Crippen LogP contribution in [0.5, 0.6) is 0 Å². The van der Waals surface area contributed by atoms with Crippen LogP contribution in [0.3, 0.4) is 0 Å². The fourth-order valence-corrected chi connectivity index (χ4v) is 2.12. The molecular weight excluding hydrogens is 246 g/mol. The van der Waals surface area contributed by atoms with Crippen molar-refractivity contribution in [3.8, 4) is 0 Å². The van der Waals surface area contributed by atoms with Gasteiger partial charge in [0.2, 0.25) is 5.91 Å². The molecule has 1 aliphatic rings. The summed E-state index contributed by atoms with van der Waals surface area (Å²) in [5, 5.41) is 9.16. The molecule has 2 unspecified atom stereocenters. The van der Waals surface area contributed by atoms with E-state index in [1.807, 2.05) is 0 Å². The number of carbonyl (C=O) groups excluding carboxylic acids is 2. The smallest absolute Gasteiger partial charge is 0.356 e. The van der Waals surface area contributed by atoms with E-state index in [0.717, 1.165) is 12.8 Å². The van der Waals surface area contributed by atoms with Gasteiger partial charge >= 0.3 is 5.97 Å². The molecule has 19 heavy (non-hydrogen) atoms. The molecule has 6 heteroatoms. The Morgan fingerprint density at radius 2 is 2.32 bits per heavy atom. The minimum absolute atomic E-state index is 0.0359. The van der Waals surface area contributed by atoms with E-state index in [2.05, 4.69) is 29.4 Å². The van der Waals surface area contributed by atoms with Gasteiger partial charge in [-0.1, -0.05) is 13.8 Å². The number of amides is 1. The van der Waals surface area contributed by atoms with Gasteiger partial charge in [-0.05, 0) is 25.2 Å². The monoisotopic (exact) mass is 265 g/mol. The number of nitrogens with zero attached hydrogens (tertiary/aromatic N) is 1. The summed E-state index contributed by atoms with van der Waals surface area (Å²) < 4.78 is 4.83. The number of ether oxygens (including phenoxy) is 1. The molecule has 0 radical (unpaired) electrons. The minimum Gasteiger partial charge on any atom is -0.461 e. The third kappa shape index (κ3) is 2.77. The van der Waals surface area contributed by atoms with Crippen molar-refractivity contribution in [2.45, 2.75) is 33.6 Å². The van der Waals surface area contributed by atoms with Gasteiger partial charge in [-0.2, -0.15) is 5.10 Å². The summed E-state index contributed by atoms with van der Waals surface area (Å²) in [6.45, 7) is 6.22. The number of rotatable bonds is 5. The van der Waals surface area contributed by atoms with E-state index in [1.165, 1.54) is 6.07 Å². The van der Waals surface area contributed by atoms with Crippen molar-refractivity contribution in [2.24, 2.45) is 11.3 Å². The molecule has 1 heterocycles. The van der Waals surface area contributed by atoms with Crippen molar-refractivity contribution in [3.63, 3.8) is 0 Å². The number of aromatic nitrogens is 2. The third-order valence-electron chi connectivity index (χ3n) is 3.80. The van der Waals surface area contributed by atoms with Crippen LogP contribution in [0.1, 0.15) is 44.1 Å².